The Labute approximate surface area is 204 Å². The summed E-state index contributed by atoms with van der Waals surface area (Å²) in [5.74, 6) is 0.899. The van der Waals surface area contributed by atoms with Gasteiger partial charge in [0.15, 0.2) is 0 Å². The Balaban J connectivity index is 1.42. The Morgan fingerprint density at radius 2 is 2.21 bits per heavy atom. The molecule has 2 aliphatic rings. The van der Waals surface area contributed by atoms with Gasteiger partial charge < -0.3 is 10.4 Å². The van der Waals surface area contributed by atoms with E-state index < -0.39 is 22.4 Å². The van der Waals surface area contributed by atoms with Gasteiger partial charge in [0.1, 0.15) is 12.1 Å². The molecule has 0 unspecified atom stereocenters. The Kier molecular flexibility index (Phi) is 7.95. The summed E-state index contributed by atoms with van der Waals surface area (Å²) in [5, 5.41) is 15.5. The molecule has 0 radical (unpaired) electrons. The summed E-state index contributed by atoms with van der Waals surface area (Å²) in [7, 11) is -2.86. The number of likely N-dealkylation sites (tertiary alicyclic amines) is 1. The number of piperidine rings is 1. The van der Waals surface area contributed by atoms with Crippen LogP contribution in [0.25, 0.3) is 0 Å². The second kappa shape index (κ2) is 10.8. The highest BCUT2D eigenvalue weighted by Crippen LogP contribution is 2.28. The highest BCUT2D eigenvalue weighted by Gasteiger charge is 2.36. The molecule has 0 aromatic carbocycles. The van der Waals surface area contributed by atoms with E-state index in [-0.39, 0.29) is 11.8 Å². The van der Waals surface area contributed by atoms with Gasteiger partial charge in [-0.25, -0.2) is 9.97 Å². The number of carbonyl (C=O) groups is 1. The number of nitrogens with one attached hydrogen (secondary N) is 2. The zero-order valence-corrected chi connectivity index (χ0v) is 20.9. The number of nitrogens with zero attached hydrogens (tertiary/aromatic N) is 3. The van der Waals surface area contributed by atoms with Crippen molar-refractivity contribution >= 4 is 33.2 Å². The molecule has 0 spiro atoms. The molecule has 3 heterocycles. The zero-order chi connectivity index (χ0) is 24.3. The van der Waals surface area contributed by atoms with E-state index >= 15 is 0 Å². The summed E-state index contributed by atoms with van der Waals surface area (Å²) >= 11 is 1.41. The van der Waals surface area contributed by atoms with E-state index in [1.165, 1.54) is 36.7 Å². The number of carbonyl (C=O) groups excluding carboxylic acids is 1. The SMILES string of the molecule is COS(=O)(=O)N[C@@H]1C[C@@H](Nc2ncncc2C(=O)c2cc(CN3CCC[C@@H](C)C3)cs2)C[C@@H]1O. The second-order valence-electron chi connectivity index (χ2n) is 9.14. The molecular formula is C22H31N5O5S2. The summed E-state index contributed by atoms with van der Waals surface area (Å²) in [5.41, 5.74) is 1.47. The number of hydrogen-bond donors (Lipinski definition) is 3. The van der Waals surface area contributed by atoms with E-state index in [0.29, 0.717) is 35.0 Å². The van der Waals surface area contributed by atoms with Crippen molar-refractivity contribution in [2.24, 2.45) is 5.92 Å². The molecule has 12 heteroatoms. The molecule has 10 nitrogen and oxygen atoms in total. The molecule has 3 N–H and O–H groups in total. The molecule has 0 amide bonds. The summed E-state index contributed by atoms with van der Waals surface area (Å²) in [4.78, 5) is 24.6. The Hall–Kier alpha value is -1.96. The van der Waals surface area contributed by atoms with E-state index in [0.717, 1.165) is 32.3 Å². The van der Waals surface area contributed by atoms with Crippen molar-refractivity contribution in [3.8, 4) is 0 Å². The molecule has 1 saturated heterocycles. The van der Waals surface area contributed by atoms with Crippen LogP contribution in [-0.2, 0) is 21.0 Å². The lowest BCUT2D eigenvalue weighted by Gasteiger charge is -2.30. The van der Waals surface area contributed by atoms with E-state index in [1.807, 2.05) is 11.4 Å². The van der Waals surface area contributed by atoms with Gasteiger partial charge in [-0.3, -0.25) is 13.9 Å². The molecule has 1 saturated carbocycles. The van der Waals surface area contributed by atoms with Crippen molar-refractivity contribution < 1.29 is 22.5 Å². The summed E-state index contributed by atoms with van der Waals surface area (Å²) in [6.45, 7) is 5.27. The smallest absolute Gasteiger partial charge is 0.335 e. The van der Waals surface area contributed by atoms with Crippen LogP contribution >= 0.6 is 11.3 Å². The van der Waals surface area contributed by atoms with Crippen LogP contribution in [-0.4, -0.2) is 72.6 Å². The lowest BCUT2D eigenvalue weighted by atomic mass is 10.00. The summed E-state index contributed by atoms with van der Waals surface area (Å²) in [6.07, 6.45) is 5.04. The van der Waals surface area contributed by atoms with Crippen LogP contribution in [0.1, 0.15) is 53.4 Å². The van der Waals surface area contributed by atoms with Crippen LogP contribution in [0.4, 0.5) is 5.82 Å². The minimum Gasteiger partial charge on any atom is -0.391 e. The maximum atomic E-state index is 13.3. The number of aromatic nitrogens is 2. The first-order chi connectivity index (χ1) is 16.2. The fraction of sp³-hybridized carbons (Fsp3) is 0.591. The number of aliphatic hydroxyl groups excluding tert-OH is 1. The third-order valence-corrected chi connectivity index (χ3v) is 8.37. The van der Waals surface area contributed by atoms with Crippen LogP contribution in [0.3, 0.4) is 0 Å². The standard InChI is InChI=1S/C22H31N5O5S2/c1-14-4-3-5-27(10-14)11-15-6-20(33-12-15)21(29)17-9-23-13-24-22(17)25-16-7-18(19(28)8-16)26-34(30,31)32-2/h6,9,12-14,16,18-19,26,28H,3-5,7-8,10-11H2,1-2H3,(H,23,24,25)/t14-,16-,18-,19+/m1/s1. The average Bonchev–Trinajstić information content (AvgIpc) is 3.40. The first-order valence-electron chi connectivity index (χ1n) is 11.4. The highest BCUT2D eigenvalue weighted by atomic mass is 32.2. The Morgan fingerprint density at radius 1 is 1.38 bits per heavy atom. The van der Waals surface area contributed by atoms with Crippen LogP contribution in [0, 0.1) is 5.92 Å². The van der Waals surface area contributed by atoms with E-state index in [9.17, 15) is 18.3 Å². The molecule has 0 bridgehead atoms. The molecule has 2 aromatic heterocycles. The van der Waals surface area contributed by atoms with Gasteiger partial charge in [-0.1, -0.05) is 6.92 Å². The van der Waals surface area contributed by atoms with Crippen molar-refractivity contribution in [3.05, 3.63) is 40.0 Å². The van der Waals surface area contributed by atoms with Crippen molar-refractivity contribution in [1.82, 2.24) is 19.6 Å². The van der Waals surface area contributed by atoms with E-state index in [4.69, 9.17) is 0 Å². The highest BCUT2D eigenvalue weighted by molar-refractivity contribution is 7.84. The molecule has 1 aliphatic heterocycles. The quantitative estimate of drug-likeness (QED) is 0.433. The van der Waals surface area contributed by atoms with Crippen LogP contribution in [0.2, 0.25) is 0 Å². The third-order valence-electron chi connectivity index (χ3n) is 6.37. The Bertz CT molecular complexity index is 1110. The third kappa shape index (κ3) is 6.18. The molecular weight excluding hydrogens is 478 g/mol. The summed E-state index contributed by atoms with van der Waals surface area (Å²) in [6, 6.07) is 0.972. The minimum atomic E-state index is -3.92. The van der Waals surface area contributed by atoms with Crippen molar-refractivity contribution in [2.45, 2.75) is 57.3 Å². The lowest BCUT2D eigenvalue weighted by molar-refractivity contribution is 0.104. The molecule has 4 rings (SSSR count). The van der Waals surface area contributed by atoms with Crippen molar-refractivity contribution in [2.75, 3.05) is 25.5 Å². The van der Waals surface area contributed by atoms with Crippen LogP contribution in [0.5, 0.6) is 0 Å². The monoisotopic (exact) mass is 509 g/mol. The molecule has 34 heavy (non-hydrogen) atoms. The topological polar surface area (TPSA) is 134 Å². The zero-order valence-electron chi connectivity index (χ0n) is 19.3. The molecule has 1 aliphatic carbocycles. The predicted octanol–water partition coefficient (Wildman–Crippen LogP) is 1.79. The number of ketones is 1. The predicted molar refractivity (Wildman–Crippen MR) is 129 cm³/mol. The first-order valence-corrected chi connectivity index (χ1v) is 13.7. The normalized spacial score (nSPS) is 26.0. The number of rotatable bonds is 9. The van der Waals surface area contributed by atoms with Crippen LogP contribution < -0.4 is 10.0 Å². The second-order valence-corrected chi connectivity index (χ2v) is 11.5. The molecule has 2 fully saturated rings. The van der Waals surface area contributed by atoms with Gasteiger partial charge in [0.25, 0.3) is 0 Å². The maximum absolute atomic E-state index is 13.3. The fourth-order valence-corrected chi connectivity index (χ4v) is 6.27. The van der Waals surface area contributed by atoms with Gasteiger partial charge >= 0.3 is 10.3 Å². The number of anilines is 1. The summed E-state index contributed by atoms with van der Waals surface area (Å²) < 4.78 is 30.1. The van der Waals surface area contributed by atoms with Gasteiger partial charge in [0.2, 0.25) is 5.78 Å². The number of hydrogen-bond acceptors (Lipinski definition) is 10. The van der Waals surface area contributed by atoms with Gasteiger partial charge in [-0.15, -0.1) is 11.3 Å². The van der Waals surface area contributed by atoms with Crippen LogP contribution in [0.15, 0.2) is 24.0 Å². The average molecular weight is 510 g/mol. The maximum Gasteiger partial charge on any atom is 0.335 e. The minimum absolute atomic E-state index is 0.165. The largest absolute Gasteiger partial charge is 0.391 e. The van der Waals surface area contributed by atoms with Gasteiger partial charge in [0.05, 0.1) is 29.7 Å². The van der Waals surface area contributed by atoms with Crippen molar-refractivity contribution in [3.63, 3.8) is 0 Å². The number of aliphatic hydroxyl groups is 1. The first kappa shape index (κ1) is 25.1. The molecule has 186 valence electrons. The van der Waals surface area contributed by atoms with Gasteiger partial charge in [-0.05, 0) is 55.2 Å². The van der Waals surface area contributed by atoms with E-state index in [1.54, 1.807) is 0 Å². The lowest BCUT2D eigenvalue weighted by Crippen LogP contribution is -2.40. The Morgan fingerprint density at radius 3 is 2.97 bits per heavy atom. The molecule has 4 atom stereocenters. The van der Waals surface area contributed by atoms with Gasteiger partial charge in [0, 0.05) is 25.3 Å². The van der Waals surface area contributed by atoms with Gasteiger partial charge in [-0.2, -0.15) is 13.1 Å². The number of thiophene rings is 1. The molecule has 2 aromatic rings. The fourth-order valence-electron chi connectivity index (χ4n) is 4.70. The van der Waals surface area contributed by atoms with Crippen molar-refractivity contribution in [1.29, 1.82) is 0 Å². The van der Waals surface area contributed by atoms with E-state index in [2.05, 4.69) is 36.0 Å².